The largest absolute Gasteiger partial charge is 0.497 e. The predicted molar refractivity (Wildman–Crippen MR) is 126 cm³/mol. The molecule has 168 valence electrons. The van der Waals surface area contributed by atoms with Crippen LogP contribution in [-0.2, 0) is 22.6 Å². The number of carbonyl (C=O) groups is 2. The molecule has 0 aliphatic carbocycles. The molecule has 0 aliphatic rings. The number of thioether (sulfide) groups is 1. The van der Waals surface area contributed by atoms with E-state index < -0.39 is 0 Å². The summed E-state index contributed by atoms with van der Waals surface area (Å²) in [5, 5.41) is 14.7. The molecule has 2 amide bonds. The van der Waals surface area contributed by atoms with Crippen molar-refractivity contribution in [3.05, 3.63) is 59.4 Å². The first kappa shape index (κ1) is 23.3. The lowest BCUT2D eigenvalue weighted by molar-refractivity contribution is -0.116. The van der Waals surface area contributed by atoms with Crippen molar-refractivity contribution >= 4 is 35.0 Å². The molecule has 0 spiro atoms. The number of benzene rings is 2. The van der Waals surface area contributed by atoms with Crippen molar-refractivity contribution in [1.29, 1.82) is 0 Å². The summed E-state index contributed by atoms with van der Waals surface area (Å²) in [5.41, 5.74) is 3.64. The standard InChI is InChI=1S/C23H27N5O3S/c1-5-28-20(13-21(29)24-17-7-9-18(31-4)10-8-17)26-27-23(28)32-14-22(30)25-19-11-6-15(2)12-16(19)3/h6-12H,5,13-14H2,1-4H3,(H,24,29)(H,25,30). The lowest BCUT2D eigenvalue weighted by atomic mass is 10.1. The highest BCUT2D eigenvalue weighted by atomic mass is 32.2. The van der Waals surface area contributed by atoms with Gasteiger partial charge in [0, 0.05) is 17.9 Å². The van der Waals surface area contributed by atoms with E-state index in [-0.39, 0.29) is 24.0 Å². The van der Waals surface area contributed by atoms with E-state index >= 15 is 0 Å². The van der Waals surface area contributed by atoms with Crippen LogP contribution in [0.25, 0.3) is 0 Å². The second-order valence-corrected chi connectivity index (χ2v) is 8.19. The summed E-state index contributed by atoms with van der Waals surface area (Å²) < 4.78 is 6.97. The highest BCUT2D eigenvalue weighted by Crippen LogP contribution is 2.20. The number of rotatable bonds is 9. The number of hydrogen-bond acceptors (Lipinski definition) is 6. The normalized spacial score (nSPS) is 10.6. The molecular formula is C23H27N5O3S. The number of aromatic nitrogens is 3. The van der Waals surface area contributed by atoms with Crippen LogP contribution < -0.4 is 15.4 Å². The van der Waals surface area contributed by atoms with Crippen molar-refractivity contribution in [1.82, 2.24) is 14.8 Å². The van der Waals surface area contributed by atoms with Gasteiger partial charge < -0.3 is 19.9 Å². The molecule has 0 bridgehead atoms. The molecule has 3 aromatic rings. The molecule has 8 nitrogen and oxygen atoms in total. The highest BCUT2D eigenvalue weighted by Gasteiger charge is 2.16. The number of aryl methyl sites for hydroxylation is 2. The van der Waals surface area contributed by atoms with Gasteiger partial charge >= 0.3 is 0 Å². The van der Waals surface area contributed by atoms with Gasteiger partial charge in [0.15, 0.2) is 5.16 Å². The van der Waals surface area contributed by atoms with Crippen molar-refractivity contribution < 1.29 is 14.3 Å². The average molecular weight is 454 g/mol. The van der Waals surface area contributed by atoms with Crippen LogP contribution in [0.4, 0.5) is 11.4 Å². The summed E-state index contributed by atoms with van der Waals surface area (Å²) in [6.07, 6.45) is 0.0855. The van der Waals surface area contributed by atoms with Crippen LogP contribution in [0.5, 0.6) is 5.75 Å². The average Bonchev–Trinajstić information content (AvgIpc) is 3.16. The summed E-state index contributed by atoms with van der Waals surface area (Å²) in [4.78, 5) is 24.8. The third-order valence-corrected chi connectivity index (χ3v) is 5.76. The molecule has 0 aliphatic heterocycles. The quantitative estimate of drug-likeness (QED) is 0.478. The van der Waals surface area contributed by atoms with Gasteiger partial charge in [-0.1, -0.05) is 29.5 Å². The Balaban J connectivity index is 1.57. The van der Waals surface area contributed by atoms with Gasteiger partial charge in [-0.2, -0.15) is 0 Å². The zero-order chi connectivity index (χ0) is 23.1. The van der Waals surface area contributed by atoms with E-state index in [1.807, 2.05) is 43.5 Å². The first-order chi connectivity index (χ1) is 15.4. The maximum absolute atomic E-state index is 12.4. The Morgan fingerprint density at radius 3 is 2.44 bits per heavy atom. The van der Waals surface area contributed by atoms with Gasteiger partial charge in [-0.15, -0.1) is 10.2 Å². The summed E-state index contributed by atoms with van der Waals surface area (Å²) in [5.74, 6) is 1.16. The van der Waals surface area contributed by atoms with Crippen molar-refractivity contribution in [3.63, 3.8) is 0 Å². The molecule has 1 heterocycles. The number of carbonyl (C=O) groups excluding carboxylic acids is 2. The molecule has 2 N–H and O–H groups in total. The number of nitrogens with one attached hydrogen (secondary N) is 2. The number of ether oxygens (including phenoxy) is 1. The van der Waals surface area contributed by atoms with Crippen molar-refractivity contribution in [2.75, 3.05) is 23.5 Å². The Morgan fingerprint density at radius 1 is 1.03 bits per heavy atom. The molecule has 0 unspecified atom stereocenters. The van der Waals surface area contributed by atoms with Gasteiger partial charge in [-0.25, -0.2) is 0 Å². The lowest BCUT2D eigenvalue weighted by Gasteiger charge is -2.10. The molecule has 9 heteroatoms. The second-order valence-electron chi connectivity index (χ2n) is 7.25. The molecule has 0 saturated heterocycles. The predicted octanol–water partition coefficient (Wildman–Crippen LogP) is 3.84. The summed E-state index contributed by atoms with van der Waals surface area (Å²) in [7, 11) is 1.59. The van der Waals surface area contributed by atoms with Crippen LogP contribution in [-0.4, -0.2) is 39.4 Å². The molecule has 1 aromatic heterocycles. The molecule has 0 atom stereocenters. The summed E-state index contributed by atoms with van der Waals surface area (Å²) >= 11 is 1.30. The molecule has 0 fully saturated rings. The molecule has 2 aromatic carbocycles. The highest BCUT2D eigenvalue weighted by molar-refractivity contribution is 7.99. The Labute approximate surface area is 191 Å². The van der Waals surface area contributed by atoms with Crippen LogP contribution in [0.2, 0.25) is 0 Å². The van der Waals surface area contributed by atoms with Crippen molar-refractivity contribution in [2.24, 2.45) is 0 Å². The van der Waals surface area contributed by atoms with Gasteiger partial charge in [0.25, 0.3) is 0 Å². The maximum atomic E-state index is 12.4. The summed E-state index contributed by atoms with van der Waals surface area (Å²) in [6, 6.07) is 13.0. The fraction of sp³-hybridized carbons (Fsp3) is 0.304. The van der Waals surface area contributed by atoms with Crippen LogP contribution in [0, 0.1) is 13.8 Å². The molecular weight excluding hydrogens is 426 g/mol. The molecule has 0 radical (unpaired) electrons. The third-order valence-electron chi connectivity index (χ3n) is 4.79. The monoisotopic (exact) mass is 453 g/mol. The van der Waals surface area contributed by atoms with Gasteiger partial charge in [-0.3, -0.25) is 9.59 Å². The number of amides is 2. The van der Waals surface area contributed by atoms with E-state index in [4.69, 9.17) is 4.74 Å². The first-order valence-corrected chi connectivity index (χ1v) is 11.2. The minimum Gasteiger partial charge on any atom is -0.497 e. The van der Waals surface area contributed by atoms with Crippen LogP contribution >= 0.6 is 11.8 Å². The fourth-order valence-corrected chi connectivity index (χ4v) is 3.99. The van der Waals surface area contributed by atoms with E-state index in [9.17, 15) is 9.59 Å². The van der Waals surface area contributed by atoms with Gasteiger partial charge in [0.1, 0.15) is 11.6 Å². The van der Waals surface area contributed by atoms with E-state index in [2.05, 4.69) is 20.8 Å². The first-order valence-electron chi connectivity index (χ1n) is 10.3. The van der Waals surface area contributed by atoms with Crippen LogP contribution in [0.3, 0.4) is 0 Å². The van der Waals surface area contributed by atoms with Gasteiger partial charge in [0.05, 0.1) is 19.3 Å². The van der Waals surface area contributed by atoms with E-state index in [0.29, 0.717) is 23.2 Å². The molecule has 3 rings (SSSR count). The topological polar surface area (TPSA) is 98.1 Å². The lowest BCUT2D eigenvalue weighted by Crippen LogP contribution is -2.18. The van der Waals surface area contributed by atoms with Gasteiger partial charge in [-0.05, 0) is 56.7 Å². The fourth-order valence-electron chi connectivity index (χ4n) is 3.17. The Bertz CT molecular complexity index is 1100. The number of nitrogens with zero attached hydrogens (tertiary/aromatic N) is 3. The van der Waals surface area contributed by atoms with Gasteiger partial charge in [0.2, 0.25) is 11.8 Å². The Hall–Kier alpha value is -3.33. The third kappa shape index (κ3) is 6.10. The Kier molecular flexibility index (Phi) is 7.88. The minimum absolute atomic E-state index is 0.0855. The van der Waals surface area contributed by atoms with E-state index in [1.165, 1.54) is 11.8 Å². The molecule has 0 saturated carbocycles. The number of hydrogen-bond donors (Lipinski definition) is 2. The summed E-state index contributed by atoms with van der Waals surface area (Å²) in [6.45, 7) is 6.53. The Morgan fingerprint density at radius 2 is 1.78 bits per heavy atom. The van der Waals surface area contributed by atoms with Crippen molar-refractivity contribution in [3.8, 4) is 5.75 Å². The zero-order valence-corrected chi connectivity index (χ0v) is 19.5. The van der Waals surface area contributed by atoms with Crippen molar-refractivity contribution in [2.45, 2.75) is 38.9 Å². The molecule has 32 heavy (non-hydrogen) atoms. The van der Waals surface area contributed by atoms with E-state index in [0.717, 1.165) is 22.6 Å². The van der Waals surface area contributed by atoms with Crippen LogP contribution in [0.1, 0.15) is 23.9 Å². The van der Waals surface area contributed by atoms with Crippen LogP contribution in [0.15, 0.2) is 47.6 Å². The number of methoxy groups -OCH3 is 1. The smallest absolute Gasteiger partial charge is 0.234 e. The SMILES string of the molecule is CCn1c(CC(=O)Nc2ccc(OC)cc2)nnc1SCC(=O)Nc1ccc(C)cc1C. The zero-order valence-electron chi connectivity index (χ0n) is 18.6. The minimum atomic E-state index is -0.193. The van der Waals surface area contributed by atoms with E-state index in [1.54, 1.807) is 31.4 Å². The second kappa shape index (κ2) is 10.8. The maximum Gasteiger partial charge on any atom is 0.234 e. The number of anilines is 2.